The SMILES string of the molecule is CCn1ccc(C(=O)Nc2ccc3nn(CC(=O)N4CCN(C(=O)c5ccccc5)CC4)cc3c2)n1. The summed E-state index contributed by atoms with van der Waals surface area (Å²) in [5, 5.41) is 12.4. The summed E-state index contributed by atoms with van der Waals surface area (Å²) in [5.41, 5.74) is 2.37. The highest BCUT2D eigenvalue weighted by Crippen LogP contribution is 2.19. The van der Waals surface area contributed by atoms with E-state index >= 15 is 0 Å². The number of nitrogens with one attached hydrogen (secondary N) is 1. The van der Waals surface area contributed by atoms with Crippen LogP contribution in [0.5, 0.6) is 0 Å². The van der Waals surface area contributed by atoms with Crippen LogP contribution in [0.4, 0.5) is 5.69 Å². The van der Waals surface area contributed by atoms with E-state index in [0.717, 1.165) is 10.9 Å². The van der Waals surface area contributed by atoms with Crippen LogP contribution in [0.25, 0.3) is 10.9 Å². The predicted octanol–water partition coefficient (Wildman–Crippen LogP) is 2.49. The molecule has 10 nitrogen and oxygen atoms in total. The highest BCUT2D eigenvalue weighted by atomic mass is 16.2. The Morgan fingerprint density at radius 3 is 2.36 bits per heavy atom. The second-order valence-corrected chi connectivity index (χ2v) is 8.65. The fourth-order valence-electron chi connectivity index (χ4n) is 4.25. The molecule has 1 N–H and O–H groups in total. The largest absolute Gasteiger partial charge is 0.338 e. The van der Waals surface area contributed by atoms with Gasteiger partial charge in [-0.1, -0.05) is 18.2 Å². The second kappa shape index (κ2) is 10.0. The van der Waals surface area contributed by atoms with Crippen LogP contribution >= 0.6 is 0 Å². The van der Waals surface area contributed by atoms with Crippen molar-refractivity contribution in [1.82, 2.24) is 29.4 Å². The summed E-state index contributed by atoms with van der Waals surface area (Å²) in [6, 6.07) is 16.3. The molecule has 1 aliphatic heterocycles. The van der Waals surface area contributed by atoms with Gasteiger partial charge in [0.1, 0.15) is 6.54 Å². The molecule has 0 atom stereocenters. The van der Waals surface area contributed by atoms with Crippen molar-refractivity contribution in [3.05, 3.63) is 78.2 Å². The topological polar surface area (TPSA) is 105 Å². The van der Waals surface area contributed by atoms with Crippen molar-refractivity contribution in [1.29, 1.82) is 0 Å². The molecule has 1 aliphatic rings. The van der Waals surface area contributed by atoms with Gasteiger partial charge in [-0.2, -0.15) is 10.2 Å². The van der Waals surface area contributed by atoms with Crippen molar-refractivity contribution in [2.45, 2.75) is 20.0 Å². The van der Waals surface area contributed by atoms with Gasteiger partial charge in [0.2, 0.25) is 5.91 Å². The third-order valence-electron chi connectivity index (χ3n) is 6.24. The first kappa shape index (κ1) is 23.3. The molecule has 0 saturated carbocycles. The smallest absolute Gasteiger partial charge is 0.276 e. The Kier molecular flexibility index (Phi) is 6.48. The molecule has 5 rings (SSSR count). The minimum atomic E-state index is -0.283. The average molecular weight is 486 g/mol. The van der Waals surface area contributed by atoms with E-state index in [4.69, 9.17) is 0 Å². The lowest BCUT2D eigenvalue weighted by Gasteiger charge is -2.34. The third kappa shape index (κ3) is 4.97. The fourth-order valence-corrected chi connectivity index (χ4v) is 4.25. The van der Waals surface area contributed by atoms with Gasteiger partial charge >= 0.3 is 0 Å². The van der Waals surface area contributed by atoms with E-state index in [9.17, 15) is 14.4 Å². The Labute approximate surface area is 208 Å². The van der Waals surface area contributed by atoms with Crippen molar-refractivity contribution in [3.8, 4) is 0 Å². The molecule has 184 valence electrons. The first-order valence-electron chi connectivity index (χ1n) is 11.9. The zero-order valence-corrected chi connectivity index (χ0v) is 20.0. The summed E-state index contributed by atoms with van der Waals surface area (Å²) in [6.45, 7) is 4.73. The Morgan fingerprint density at radius 1 is 0.889 bits per heavy atom. The van der Waals surface area contributed by atoms with Gasteiger partial charge in [-0.3, -0.25) is 23.7 Å². The number of hydrogen-bond donors (Lipinski definition) is 1. The predicted molar refractivity (Wildman–Crippen MR) is 135 cm³/mol. The lowest BCUT2D eigenvalue weighted by Crippen LogP contribution is -2.51. The number of amides is 3. The van der Waals surface area contributed by atoms with E-state index in [2.05, 4.69) is 15.5 Å². The van der Waals surface area contributed by atoms with Gasteiger partial charge in [0.05, 0.1) is 5.52 Å². The number of nitrogens with zero attached hydrogens (tertiary/aromatic N) is 6. The molecule has 3 amide bonds. The summed E-state index contributed by atoms with van der Waals surface area (Å²) < 4.78 is 3.31. The van der Waals surface area contributed by atoms with Crippen LogP contribution < -0.4 is 5.32 Å². The fraction of sp³-hybridized carbons (Fsp3) is 0.269. The highest BCUT2D eigenvalue weighted by Gasteiger charge is 2.25. The van der Waals surface area contributed by atoms with Gasteiger partial charge in [-0.05, 0) is 43.3 Å². The number of fused-ring (bicyclic) bond motifs is 1. The monoisotopic (exact) mass is 485 g/mol. The summed E-state index contributed by atoms with van der Waals surface area (Å²) in [4.78, 5) is 41.5. The Bertz CT molecular complexity index is 1400. The molecule has 2 aromatic heterocycles. The number of piperazine rings is 1. The minimum absolute atomic E-state index is 0.0114. The van der Waals surface area contributed by atoms with Crippen LogP contribution in [0.1, 0.15) is 27.8 Å². The van der Waals surface area contributed by atoms with Crippen molar-refractivity contribution >= 4 is 34.3 Å². The lowest BCUT2D eigenvalue weighted by molar-refractivity contribution is -0.133. The van der Waals surface area contributed by atoms with Crippen LogP contribution in [0.2, 0.25) is 0 Å². The molecule has 36 heavy (non-hydrogen) atoms. The van der Waals surface area contributed by atoms with E-state index < -0.39 is 0 Å². The molecule has 0 bridgehead atoms. The summed E-state index contributed by atoms with van der Waals surface area (Å²) in [7, 11) is 0. The van der Waals surface area contributed by atoms with E-state index in [1.165, 1.54) is 0 Å². The molecule has 3 heterocycles. The van der Waals surface area contributed by atoms with Crippen LogP contribution in [0, 0.1) is 0 Å². The second-order valence-electron chi connectivity index (χ2n) is 8.65. The first-order chi connectivity index (χ1) is 17.5. The quantitative estimate of drug-likeness (QED) is 0.452. The van der Waals surface area contributed by atoms with Gasteiger partial charge in [0.15, 0.2) is 5.69 Å². The van der Waals surface area contributed by atoms with E-state index in [0.29, 0.717) is 49.7 Å². The van der Waals surface area contributed by atoms with E-state index in [1.807, 2.05) is 37.3 Å². The molecule has 2 aromatic carbocycles. The van der Waals surface area contributed by atoms with Gasteiger partial charge in [-0.25, -0.2) is 0 Å². The zero-order chi connectivity index (χ0) is 25.1. The van der Waals surface area contributed by atoms with Gasteiger partial charge in [0, 0.05) is 61.8 Å². The van der Waals surface area contributed by atoms with Crippen molar-refractivity contribution in [2.75, 3.05) is 31.5 Å². The summed E-state index contributed by atoms with van der Waals surface area (Å²) >= 11 is 0. The number of rotatable bonds is 6. The molecular formula is C26H27N7O3. The summed E-state index contributed by atoms with van der Waals surface area (Å²) in [6.07, 6.45) is 3.56. The number of carbonyl (C=O) groups is 3. The average Bonchev–Trinajstić information content (AvgIpc) is 3.55. The Hall–Kier alpha value is -4.47. The maximum absolute atomic E-state index is 12.9. The molecule has 0 unspecified atom stereocenters. The summed E-state index contributed by atoms with van der Waals surface area (Å²) in [5.74, 6) is -0.341. The van der Waals surface area contributed by atoms with Gasteiger partial charge in [-0.15, -0.1) is 0 Å². The van der Waals surface area contributed by atoms with Gasteiger partial charge in [0.25, 0.3) is 11.8 Å². The van der Waals surface area contributed by atoms with Crippen LogP contribution in [-0.4, -0.2) is 73.3 Å². The molecule has 0 radical (unpaired) electrons. The molecule has 1 saturated heterocycles. The van der Waals surface area contributed by atoms with Crippen molar-refractivity contribution in [3.63, 3.8) is 0 Å². The normalized spacial score (nSPS) is 13.7. The number of benzene rings is 2. The lowest BCUT2D eigenvalue weighted by atomic mass is 10.2. The van der Waals surface area contributed by atoms with Gasteiger partial charge < -0.3 is 15.1 Å². The van der Waals surface area contributed by atoms with E-state index in [1.54, 1.807) is 55.8 Å². The molecular weight excluding hydrogens is 458 g/mol. The Morgan fingerprint density at radius 2 is 1.64 bits per heavy atom. The maximum atomic E-state index is 12.9. The Balaban J connectivity index is 1.18. The number of aryl methyl sites for hydroxylation is 1. The number of anilines is 1. The molecule has 0 aliphatic carbocycles. The molecule has 10 heteroatoms. The first-order valence-corrected chi connectivity index (χ1v) is 11.9. The van der Waals surface area contributed by atoms with Crippen LogP contribution in [-0.2, 0) is 17.9 Å². The van der Waals surface area contributed by atoms with Crippen LogP contribution in [0.15, 0.2) is 67.0 Å². The standard InChI is InChI=1S/C26H27N7O3/c1-2-32-11-10-23(29-32)25(35)27-21-8-9-22-20(16-21)17-33(28-22)18-24(34)30-12-14-31(15-13-30)26(36)19-6-4-3-5-7-19/h3-11,16-17H,2,12-15,18H2,1H3,(H,27,35). The van der Waals surface area contributed by atoms with E-state index in [-0.39, 0.29) is 24.3 Å². The third-order valence-corrected chi connectivity index (χ3v) is 6.24. The maximum Gasteiger partial charge on any atom is 0.276 e. The number of hydrogen-bond acceptors (Lipinski definition) is 5. The molecule has 0 spiro atoms. The van der Waals surface area contributed by atoms with Crippen LogP contribution in [0.3, 0.4) is 0 Å². The zero-order valence-electron chi connectivity index (χ0n) is 20.0. The minimum Gasteiger partial charge on any atom is -0.338 e. The number of aromatic nitrogens is 4. The highest BCUT2D eigenvalue weighted by molar-refractivity contribution is 6.03. The molecule has 4 aromatic rings. The molecule has 1 fully saturated rings. The van der Waals surface area contributed by atoms with Crippen molar-refractivity contribution < 1.29 is 14.4 Å². The van der Waals surface area contributed by atoms with Crippen molar-refractivity contribution in [2.24, 2.45) is 0 Å². The number of carbonyl (C=O) groups excluding carboxylic acids is 3.